The molecular formula is C25H32N2O2. The van der Waals surface area contributed by atoms with E-state index >= 15 is 0 Å². The number of hydrogen-bond acceptors (Lipinski definition) is 3. The molecule has 1 aliphatic carbocycles. The van der Waals surface area contributed by atoms with Crippen molar-refractivity contribution < 1.29 is 9.53 Å². The largest absolute Gasteiger partial charge is 0.497 e. The first kappa shape index (κ1) is 20.0. The number of nitrogens with zero attached hydrogens (tertiary/aromatic N) is 2. The number of carbonyl (C=O) groups is 1. The molecule has 1 saturated heterocycles. The number of methoxy groups -OCH3 is 1. The van der Waals surface area contributed by atoms with E-state index in [1.165, 1.54) is 24.0 Å². The second-order valence-corrected chi connectivity index (χ2v) is 8.53. The molecule has 0 N–H and O–H groups in total. The molecule has 4 rings (SSSR count). The van der Waals surface area contributed by atoms with E-state index in [1.807, 2.05) is 24.3 Å². The molecule has 0 bridgehead atoms. The van der Waals surface area contributed by atoms with Gasteiger partial charge in [-0.3, -0.25) is 4.79 Å². The minimum Gasteiger partial charge on any atom is -0.497 e. The van der Waals surface area contributed by atoms with Crippen molar-refractivity contribution in [2.24, 2.45) is 0 Å². The van der Waals surface area contributed by atoms with Crippen LogP contribution in [0, 0.1) is 6.92 Å². The number of carbonyl (C=O) groups excluding carboxylic acids is 1. The smallest absolute Gasteiger partial charge is 0.227 e. The van der Waals surface area contributed by atoms with Crippen LogP contribution in [0.15, 0.2) is 48.5 Å². The number of amides is 1. The maximum absolute atomic E-state index is 13.3. The molecule has 2 aromatic carbocycles. The van der Waals surface area contributed by atoms with Crippen molar-refractivity contribution in [3.63, 3.8) is 0 Å². The Balaban J connectivity index is 1.46. The molecular weight excluding hydrogens is 360 g/mol. The summed E-state index contributed by atoms with van der Waals surface area (Å²) in [5, 5.41) is 0. The quantitative estimate of drug-likeness (QED) is 0.708. The van der Waals surface area contributed by atoms with Crippen LogP contribution in [0.4, 0.5) is 0 Å². The summed E-state index contributed by atoms with van der Waals surface area (Å²) in [7, 11) is 1.66. The van der Waals surface area contributed by atoms with E-state index in [2.05, 4.69) is 41.0 Å². The average molecular weight is 393 g/mol. The van der Waals surface area contributed by atoms with Crippen molar-refractivity contribution in [2.75, 3.05) is 20.2 Å². The minimum atomic E-state index is 0.223. The van der Waals surface area contributed by atoms with Gasteiger partial charge >= 0.3 is 0 Å². The van der Waals surface area contributed by atoms with Gasteiger partial charge in [-0.05, 0) is 55.9 Å². The summed E-state index contributed by atoms with van der Waals surface area (Å²) in [5.41, 5.74) is 3.51. The molecule has 4 nitrogen and oxygen atoms in total. The van der Waals surface area contributed by atoms with E-state index in [1.54, 1.807) is 7.11 Å². The molecule has 2 fully saturated rings. The molecule has 1 heterocycles. The number of aryl methyl sites for hydroxylation is 1. The second kappa shape index (κ2) is 9.00. The van der Waals surface area contributed by atoms with E-state index in [9.17, 15) is 4.79 Å². The number of likely N-dealkylation sites (tertiary alicyclic amines) is 1. The number of hydrogen-bond donors (Lipinski definition) is 0. The van der Waals surface area contributed by atoms with E-state index in [4.69, 9.17) is 4.74 Å². The van der Waals surface area contributed by atoms with Gasteiger partial charge in [-0.2, -0.15) is 0 Å². The van der Waals surface area contributed by atoms with Crippen molar-refractivity contribution in [3.8, 4) is 5.75 Å². The van der Waals surface area contributed by atoms with Gasteiger partial charge in [-0.15, -0.1) is 0 Å². The lowest BCUT2D eigenvalue weighted by molar-refractivity contribution is -0.134. The van der Waals surface area contributed by atoms with Gasteiger partial charge in [0.05, 0.1) is 13.5 Å². The van der Waals surface area contributed by atoms with Crippen LogP contribution in [-0.2, 0) is 17.8 Å². The molecule has 154 valence electrons. The third-order valence-corrected chi connectivity index (χ3v) is 6.31. The lowest BCUT2D eigenvalue weighted by Gasteiger charge is -2.39. The maximum atomic E-state index is 13.3. The van der Waals surface area contributed by atoms with Gasteiger partial charge in [-0.25, -0.2) is 0 Å². The summed E-state index contributed by atoms with van der Waals surface area (Å²) < 4.78 is 5.24. The van der Waals surface area contributed by atoms with Crippen LogP contribution in [0.1, 0.15) is 42.4 Å². The van der Waals surface area contributed by atoms with Crippen molar-refractivity contribution in [3.05, 3.63) is 65.2 Å². The van der Waals surface area contributed by atoms with E-state index < -0.39 is 0 Å². The zero-order valence-corrected chi connectivity index (χ0v) is 17.6. The highest BCUT2D eigenvalue weighted by molar-refractivity contribution is 5.79. The van der Waals surface area contributed by atoms with Crippen LogP contribution >= 0.6 is 0 Å². The minimum absolute atomic E-state index is 0.223. The van der Waals surface area contributed by atoms with Crippen LogP contribution < -0.4 is 4.74 Å². The van der Waals surface area contributed by atoms with Crippen molar-refractivity contribution >= 4 is 5.91 Å². The Labute approximate surface area is 174 Å². The third-order valence-electron chi connectivity index (χ3n) is 6.31. The molecule has 0 spiro atoms. The van der Waals surface area contributed by atoms with E-state index in [-0.39, 0.29) is 5.91 Å². The summed E-state index contributed by atoms with van der Waals surface area (Å²) in [6.45, 7) is 5.04. The first-order valence-electron chi connectivity index (χ1n) is 10.8. The van der Waals surface area contributed by atoms with Crippen molar-refractivity contribution in [1.29, 1.82) is 0 Å². The zero-order valence-electron chi connectivity index (χ0n) is 17.6. The Hall–Kier alpha value is -2.33. The predicted molar refractivity (Wildman–Crippen MR) is 116 cm³/mol. The summed E-state index contributed by atoms with van der Waals surface area (Å²) >= 11 is 0. The van der Waals surface area contributed by atoms with Gasteiger partial charge in [0.2, 0.25) is 5.91 Å². The van der Waals surface area contributed by atoms with Crippen LogP contribution in [0.3, 0.4) is 0 Å². The van der Waals surface area contributed by atoms with Gasteiger partial charge < -0.3 is 14.5 Å². The van der Waals surface area contributed by atoms with E-state index in [0.717, 1.165) is 43.3 Å². The molecule has 1 amide bonds. The molecule has 4 heteroatoms. The Morgan fingerprint density at radius 2 is 1.59 bits per heavy atom. The molecule has 1 saturated carbocycles. The molecule has 29 heavy (non-hydrogen) atoms. The number of benzene rings is 2. The fraction of sp³-hybridized carbons (Fsp3) is 0.480. The van der Waals surface area contributed by atoms with Gasteiger partial charge in [-0.1, -0.05) is 42.0 Å². The number of rotatable bonds is 7. The highest BCUT2D eigenvalue weighted by Crippen LogP contribution is 2.31. The monoisotopic (exact) mass is 392 g/mol. The normalized spacial score (nSPS) is 17.9. The summed E-state index contributed by atoms with van der Waals surface area (Å²) in [6, 6.07) is 17.6. The van der Waals surface area contributed by atoms with Gasteiger partial charge in [0.1, 0.15) is 5.75 Å². The molecule has 2 aromatic rings. The highest BCUT2D eigenvalue weighted by Gasteiger charge is 2.34. The highest BCUT2D eigenvalue weighted by atomic mass is 16.5. The Morgan fingerprint density at radius 3 is 2.17 bits per heavy atom. The lowest BCUT2D eigenvalue weighted by atomic mass is 10.00. The van der Waals surface area contributed by atoms with Crippen LogP contribution in [-0.4, -0.2) is 48.0 Å². The fourth-order valence-electron chi connectivity index (χ4n) is 4.33. The molecule has 0 radical (unpaired) electrons. The first-order chi connectivity index (χ1) is 14.1. The molecule has 1 aliphatic heterocycles. The molecule has 0 atom stereocenters. The van der Waals surface area contributed by atoms with Gasteiger partial charge in [0.15, 0.2) is 0 Å². The van der Waals surface area contributed by atoms with Crippen LogP contribution in [0.5, 0.6) is 5.75 Å². The van der Waals surface area contributed by atoms with Gasteiger partial charge in [0, 0.05) is 31.7 Å². The number of ether oxygens (including phenoxy) is 1. The SMILES string of the molecule is COc1ccc(CC(=O)N(Cc2ccc(C)cc2)C2CCN(C3CC3)CC2)cc1. The van der Waals surface area contributed by atoms with Crippen LogP contribution in [0.25, 0.3) is 0 Å². The van der Waals surface area contributed by atoms with E-state index in [0.29, 0.717) is 19.0 Å². The van der Waals surface area contributed by atoms with Crippen molar-refractivity contribution in [1.82, 2.24) is 9.80 Å². The fourth-order valence-corrected chi connectivity index (χ4v) is 4.33. The topological polar surface area (TPSA) is 32.8 Å². The average Bonchev–Trinajstić information content (AvgIpc) is 3.59. The van der Waals surface area contributed by atoms with Crippen LogP contribution in [0.2, 0.25) is 0 Å². The zero-order chi connectivity index (χ0) is 20.2. The molecule has 2 aliphatic rings. The summed E-state index contributed by atoms with van der Waals surface area (Å²) in [6.07, 6.45) is 5.31. The Kier molecular flexibility index (Phi) is 6.19. The second-order valence-electron chi connectivity index (χ2n) is 8.53. The van der Waals surface area contributed by atoms with Gasteiger partial charge in [0.25, 0.3) is 0 Å². The van der Waals surface area contributed by atoms with Crippen molar-refractivity contribution in [2.45, 2.75) is 57.7 Å². The Morgan fingerprint density at radius 1 is 0.966 bits per heavy atom. The standard InChI is InChI=1S/C25H32N2O2/c1-19-3-5-21(6-4-19)18-27(23-13-15-26(16-14-23)22-9-10-22)25(28)17-20-7-11-24(29-2)12-8-20/h3-8,11-12,22-23H,9-10,13-18H2,1-2H3. The lowest BCUT2D eigenvalue weighted by Crippen LogP contribution is -2.48. The first-order valence-corrected chi connectivity index (χ1v) is 10.8. The third kappa shape index (κ3) is 5.18. The number of piperidine rings is 1. The maximum Gasteiger partial charge on any atom is 0.227 e. The predicted octanol–water partition coefficient (Wildman–Crippen LogP) is 4.20. The Bertz CT molecular complexity index is 804. The summed E-state index contributed by atoms with van der Waals surface area (Å²) in [4.78, 5) is 18.1. The molecule has 0 aromatic heterocycles. The molecule has 0 unspecified atom stereocenters. The summed E-state index contributed by atoms with van der Waals surface area (Å²) in [5.74, 6) is 1.05.